The van der Waals surface area contributed by atoms with Crippen LogP contribution in [0.1, 0.15) is 12.0 Å². The molecule has 0 spiro atoms. The van der Waals surface area contributed by atoms with E-state index in [1.54, 1.807) is 7.05 Å². The van der Waals surface area contributed by atoms with E-state index in [9.17, 15) is 9.59 Å². The third-order valence-electron chi connectivity index (χ3n) is 5.24. The van der Waals surface area contributed by atoms with Crippen LogP contribution in [0, 0.1) is 0 Å². The molecular formula is C21H26N6O3. The van der Waals surface area contributed by atoms with E-state index in [1.807, 2.05) is 18.2 Å². The summed E-state index contributed by atoms with van der Waals surface area (Å²) < 4.78 is 8.74. The van der Waals surface area contributed by atoms with Crippen molar-refractivity contribution in [3.63, 3.8) is 0 Å². The predicted molar refractivity (Wildman–Crippen MR) is 112 cm³/mol. The zero-order chi connectivity index (χ0) is 20.9. The molecule has 0 bridgehead atoms. The van der Waals surface area contributed by atoms with Crippen LogP contribution in [-0.4, -0.2) is 62.5 Å². The van der Waals surface area contributed by atoms with Crippen LogP contribution in [0.3, 0.4) is 0 Å². The van der Waals surface area contributed by atoms with Gasteiger partial charge in [0.05, 0.1) is 12.3 Å². The van der Waals surface area contributed by atoms with E-state index < -0.39 is 0 Å². The van der Waals surface area contributed by atoms with E-state index in [4.69, 9.17) is 4.74 Å². The highest BCUT2D eigenvalue weighted by molar-refractivity contribution is 5.77. The van der Waals surface area contributed by atoms with Crippen molar-refractivity contribution < 1.29 is 9.53 Å². The molecule has 1 saturated heterocycles. The fraction of sp³-hybridized carbons (Fsp3) is 0.429. The average Bonchev–Trinajstić information content (AvgIpc) is 2.98. The standard InChI is InChI=1S/C21H26N6O3/c1-25-20-18(11-24-25)21(29)27(15-23-20)14-19(28)22-10-17-13-26(8-5-9-30-17)12-16-6-3-2-4-7-16/h2-4,6-7,11,15,17H,5,8-10,12-14H2,1H3,(H,22,28)/t17-/m1/s1. The lowest BCUT2D eigenvalue weighted by Gasteiger charge is -2.24. The lowest BCUT2D eigenvalue weighted by atomic mass is 10.2. The van der Waals surface area contributed by atoms with Crippen LogP contribution in [0.4, 0.5) is 0 Å². The second kappa shape index (κ2) is 9.19. The Morgan fingerprint density at radius 1 is 1.30 bits per heavy atom. The number of hydrogen-bond acceptors (Lipinski definition) is 6. The normalized spacial score (nSPS) is 17.7. The van der Waals surface area contributed by atoms with Gasteiger partial charge in [0.2, 0.25) is 5.91 Å². The molecule has 1 fully saturated rings. The first-order valence-electron chi connectivity index (χ1n) is 10.1. The minimum Gasteiger partial charge on any atom is -0.375 e. The Bertz CT molecular complexity index is 1060. The fourth-order valence-corrected chi connectivity index (χ4v) is 3.70. The fourth-order valence-electron chi connectivity index (χ4n) is 3.70. The summed E-state index contributed by atoms with van der Waals surface area (Å²) in [6, 6.07) is 10.3. The van der Waals surface area contributed by atoms with Gasteiger partial charge < -0.3 is 10.1 Å². The largest absolute Gasteiger partial charge is 0.375 e. The Morgan fingerprint density at radius 3 is 2.97 bits per heavy atom. The molecule has 2 aromatic heterocycles. The number of ether oxygens (including phenoxy) is 1. The van der Waals surface area contributed by atoms with E-state index in [2.05, 4.69) is 32.4 Å². The van der Waals surface area contributed by atoms with E-state index in [0.29, 0.717) is 24.2 Å². The van der Waals surface area contributed by atoms with Crippen LogP contribution < -0.4 is 10.9 Å². The maximum atomic E-state index is 12.5. The van der Waals surface area contributed by atoms with Gasteiger partial charge in [0.15, 0.2) is 5.65 Å². The maximum absolute atomic E-state index is 12.5. The van der Waals surface area contributed by atoms with E-state index in [-0.39, 0.29) is 24.1 Å². The second-order valence-electron chi connectivity index (χ2n) is 7.55. The highest BCUT2D eigenvalue weighted by atomic mass is 16.5. The highest BCUT2D eigenvalue weighted by Gasteiger charge is 2.20. The number of carbonyl (C=O) groups excluding carboxylic acids is 1. The van der Waals surface area contributed by atoms with Crippen molar-refractivity contribution in [3.8, 4) is 0 Å². The molecule has 0 aliphatic carbocycles. The summed E-state index contributed by atoms with van der Waals surface area (Å²) in [7, 11) is 1.72. The average molecular weight is 410 g/mol. The van der Waals surface area contributed by atoms with Crippen LogP contribution in [0.15, 0.2) is 47.7 Å². The summed E-state index contributed by atoms with van der Waals surface area (Å²) >= 11 is 0. The molecule has 1 aliphatic heterocycles. The molecule has 3 heterocycles. The summed E-state index contributed by atoms with van der Waals surface area (Å²) in [5, 5.41) is 7.33. The molecule has 9 heteroatoms. The van der Waals surface area contributed by atoms with Crippen molar-refractivity contribution in [3.05, 3.63) is 58.8 Å². The van der Waals surface area contributed by atoms with Crippen molar-refractivity contribution >= 4 is 16.9 Å². The van der Waals surface area contributed by atoms with Gasteiger partial charge in [-0.3, -0.25) is 23.7 Å². The van der Waals surface area contributed by atoms with Gasteiger partial charge in [-0.25, -0.2) is 4.98 Å². The Morgan fingerprint density at radius 2 is 2.13 bits per heavy atom. The molecule has 0 radical (unpaired) electrons. The minimum absolute atomic E-state index is 0.0862. The first kappa shape index (κ1) is 20.2. The molecule has 158 valence electrons. The molecule has 3 aromatic rings. The number of fused-ring (bicyclic) bond motifs is 1. The zero-order valence-electron chi connectivity index (χ0n) is 17.0. The topological polar surface area (TPSA) is 94.3 Å². The lowest BCUT2D eigenvalue weighted by molar-refractivity contribution is -0.122. The van der Waals surface area contributed by atoms with Crippen LogP contribution >= 0.6 is 0 Å². The smallest absolute Gasteiger partial charge is 0.264 e. The zero-order valence-corrected chi connectivity index (χ0v) is 17.0. The van der Waals surface area contributed by atoms with Crippen molar-refractivity contribution in [1.82, 2.24) is 29.5 Å². The second-order valence-corrected chi connectivity index (χ2v) is 7.55. The number of rotatable bonds is 6. The molecule has 1 aromatic carbocycles. The Hall–Kier alpha value is -3.04. The maximum Gasteiger partial charge on any atom is 0.264 e. The summed E-state index contributed by atoms with van der Waals surface area (Å²) in [5.41, 5.74) is 1.49. The van der Waals surface area contributed by atoms with Gasteiger partial charge in [-0.05, 0) is 12.0 Å². The number of aryl methyl sites for hydroxylation is 1. The van der Waals surface area contributed by atoms with Crippen LogP contribution in [0.2, 0.25) is 0 Å². The summed E-state index contributed by atoms with van der Waals surface area (Å²) in [5.74, 6) is -0.246. The molecule has 30 heavy (non-hydrogen) atoms. The van der Waals surface area contributed by atoms with Crippen molar-refractivity contribution in [1.29, 1.82) is 0 Å². The molecule has 4 rings (SSSR count). The Balaban J connectivity index is 1.32. The number of hydrogen-bond donors (Lipinski definition) is 1. The van der Waals surface area contributed by atoms with E-state index >= 15 is 0 Å². The molecule has 0 saturated carbocycles. The Kier molecular flexibility index (Phi) is 6.20. The number of aromatic nitrogens is 4. The van der Waals surface area contributed by atoms with Gasteiger partial charge in [0.1, 0.15) is 18.3 Å². The summed E-state index contributed by atoms with van der Waals surface area (Å²) in [6.07, 6.45) is 3.73. The van der Waals surface area contributed by atoms with E-state index in [0.717, 1.165) is 26.1 Å². The van der Waals surface area contributed by atoms with Crippen molar-refractivity contribution in [2.75, 3.05) is 26.2 Å². The summed E-state index contributed by atoms with van der Waals surface area (Å²) in [6.45, 7) is 3.57. The Labute approximate surface area is 174 Å². The van der Waals surface area contributed by atoms with Crippen molar-refractivity contribution in [2.24, 2.45) is 7.05 Å². The molecule has 9 nitrogen and oxygen atoms in total. The van der Waals surface area contributed by atoms with Crippen LogP contribution in [0.25, 0.3) is 11.0 Å². The lowest BCUT2D eigenvalue weighted by Crippen LogP contribution is -2.41. The number of nitrogens with zero attached hydrogens (tertiary/aromatic N) is 5. The number of benzene rings is 1. The predicted octanol–water partition coefficient (Wildman–Crippen LogP) is 0.537. The van der Waals surface area contributed by atoms with Gasteiger partial charge in [-0.1, -0.05) is 30.3 Å². The molecular weight excluding hydrogens is 384 g/mol. The van der Waals surface area contributed by atoms with Gasteiger partial charge in [0.25, 0.3) is 5.56 Å². The van der Waals surface area contributed by atoms with Crippen molar-refractivity contribution in [2.45, 2.75) is 25.6 Å². The number of carbonyl (C=O) groups is 1. The monoisotopic (exact) mass is 410 g/mol. The number of amides is 1. The minimum atomic E-state index is -0.275. The van der Waals surface area contributed by atoms with Gasteiger partial charge in [-0.15, -0.1) is 0 Å². The molecule has 0 unspecified atom stereocenters. The number of nitrogens with one attached hydrogen (secondary N) is 1. The highest BCUT2D eigenvalue weighted by Crippen LogP contribution is 2.10. The summed E-state index contributed by atoms with van der Waals surface area (Å²) in [4.78, 5) is 31.5. The van der Waals surface area contributed by atoms with Gasteiger partial charge in [-0.2, -0.15) is 5.10 Å². The quantitative estimate of drug-likeness (QED) is 0.637. The van der Waals surface area contributed by atoms with Gasteiger partial charge >= 0.3 is 0 Å². The molecule has 1 atom stereocenters. The van der Waals surface area contributed by atoms with E-state index in [1.165, 1.54) is 27.3 Å². The SMILES string of the molecule is Cn1ncc2c(=O)n(CC(=O)NC[C@@H]3CN(Cc4ccccc4)CCCO3)cnc21. The molecule has 1 amide bonds. The first-order chi connectivity index (χ1) is 14.6. The van der Waals surface area contributed by atoms with Crippen LogP contribution in [-0.2, 0) is 29.7 Å². The first-order valence-corrected chi connectivity index (χ1v) is 10.1. The van der Waals surface area contributed by atoms with Gasteiger partial charge in [0, 0.05) is 39.8 Å². The molecule has 1 N–H and O–H groups in total. The third-order valence-corrected chi connectivity index (χ3v) is 5.24. The van der Waals surface area contributed by atoms with Crippen LogP contribution in [0.5, 0.6) is 0 Å². The molecule has 1 aliphatic rings. The third kappa shape index (κ3) is 4.74.